The van der Waals surface area contributed by atoms with Crippen LogP contribution in [-0.4, -0.2) is 12.5 Å². The van der Waals surface area contributed by atoms with Crippen molar-refractivity contribution in [2.45, 2.75) is 0 Å². The number of hydrogen-bond acceptors (Lipinski definition) is 2. The molecule has 1 rings (SSSR count). The first kappa shape index (κ1) is 10.8. The fraction of sp³-hybridized carbons (Fsp3) is 0.125. The standard InChI is InChI=1S/C8H10N2O.ClH/c9-8(11)6-10-7-4-2-1-3-5-7;/h1-5,10H,6H2,(H2,9,11);1H. The van der Waals surface area contributed by atoms with Gasteiger partial charge in [0, 0.05) is 5.69 Å². The van der Waals surface area contributed by atoms with Crippen molar-refractivity contribution in [3.8, 4) is 0 Å². The first-order valence-corrected chi connectivity index (χ1v) is 3.36. The molecule has 0 saturated carbocycles. The van der Waals surface area contributed by atoms with Crippen molar-refractivity contribution in [1.82, 2.24) is 0 Å². The summed E-state index contributed by atoms with van der Waals surface area (Å²) in [5.41, 5.74) is 5.85. The lowest BCUT2D eigenvalue weighted by molar-refractivity contribution is -0.116. The molecule has 12 heavy (non-hydrogen) atoms. The van der Waals surface area contributed by atoms with Gasteiger partial charge in [0.05, 0.1) is 6.54 Å². The highest BCUT2D eigenvalue weighted by Crippen LogP contribution is 2.03. The molecule has 4 heteroatoms. The van der Waals surface area contributed by atoms with Crippen molar-refractivity contribution in [3.63, 3.8) is 0 Å². The van der Waals surface area contributed by atoms with E-state index in [1.165, 1.54) is 0 Å². The van der Waals surface area contributed by atoms with E-state index in [0.29, 0.717) is 0 Å². The van der Waals surface area contributed by atoms with E-state index < -0.39 is 0 Å². The van der Waals surface area contributed by atoms with Crippen LogP contribution in [0.5, 0.6) is 0 Å². The summed E-state index contributed by atoms with van der Waals surface area (Å²) in [6.45, 7) is 0.185. The number of nitrogens with one attached hydrogen (secondary N) is 1. The van der Waals surface area contributed by atoms with Crippen LogP contribution in [0.15, 0.2) is 30.3 Å². The van der Waals surface area contributed by atoms with Crippen molar-refractivity contribution in [1.29, 1.82) is 0 Å². The van der Waals surface area contributed by atoms with Gasteiger partial charge in [0.15, 0.2) is 0 Å². The Morgan fingerprint density at radius 3 is 2.42 bits per heavy atom. The minimum Gasteiger partial charge on any atom is -0.376 e. The van der Waals surface area contributed by atoms with E-state index in [2.05, 4.69) is 5.32 Å². The molecule has 0 aliphatic heterocycles. The second-order valence-corrected chi connectivity index (χ2v) is 2.19. The Hall–Kier alpha value is -1.22. The van der Waals surface area contributed by atoms with E-state index in [1.807, 2.05) is 30.3 Å². The van der Waals surface area contributed by atoms with Crippen LogP contribution in [-0.2, 0) is 4.79 Å². The van der Waals surface area contributed by atoms with Crippen molar-refractivity contribution in [2.75, 3.05) is 11.9 Å². The van der Waals surface area contributed by atoms with Gasteiger partial charge in [0.1, 0.15) is 0 Å². The Morgan fingerprint density at radius 2 is 1.92 bits per heavy atom. The number of primary amides is 1. The number of amides is 1. The number of anilines is 1. The predicted octanol–water partition coefficient (Wildman–Crippen LogP) is 1.01. The fourth-order valence-electron chi connectivity index (χ4n) is 0.745. The lowest BCUT2D eigenvalue weighted by atomic mass is 10.3. The second-order valence-electron chi connectivity index (χ2n) is 2.19. The summed E-state index contributed by atoms with van der Waals surface area (Å²) >= 11 is 0. The number of rotatable bonds is 3. The van der Waals surface area contributed by atoms with Crippen molar-refractivity contribution >= 4 is 24.0 Å². The maximum Gasteiger partial charge on any atom is 0.236 e. The zero-order valence-electron chi connectivity index (χ0n) is 6.49. The summed E-state index contributed by atoms with van der Waals surface area (Å²) in [5, 5.41) is 2.87. The van der Waals surface area contributed by atoms with Gasteiger partial charge < -0.3 is 11.1 Å². The number of carbonyl (C=O) groups excluding carboxylic acids is 1. The largest absolute Gasteiger partial charge is 0.376 e. The van der Waals surface area contributed by atoms with Gasteiger partial charge in [-0.3, -0.25) is 4.79 Å². The molecule has 1 aromatic rings. The average Bonchev–Trinajstić information content (AvgIpc) is 2.03. The summed E-state index contributed by atoms with van der Waals surface area (Å²) in [5.74, 6) is -0.353. The maximum atomic E-state index is 10.3. The summed E-state index contributed by atoms with van der Waals surface area (Å²) in [6, 6.07) is 9.45. The quantitative estimate of drug-likeness (QED) is 0.740. The molecule has 3 N–H and O–H groups in total. The molecule has 0 unspecified atom stereocenters. The average molecular weight is 187 g/mol. The maximum absolute atomic E-state index is 10.3. The summed E-state index contributed by atoms with van der Waals surface area (Å²) in [7, 11) is 0. The third-order valence-corrected chi connectivity index (χ3v) is 1.24. The highest BCUT2D eigenvalue weighted by atomic mass is 35.5. The fourth-order valence-corrected chi connectivity index (χ4v) is 0.745. The normalized spacial score (nSPS) is 8.33. The SMILES string of the molecule is Cl.NC(=O)CNc1ccccc1. The molecule has 66 valence electrons. The first-order chi connectivity index (χ1) is 5.29. The van der Waals surface area contributed by atoms with Gasteiger partial charge in [0.25, 0.3) is 0 Å². The molecule has 0 atom stereocenters. The minimum atomic E-state index is -0.353. The van der Waals surface area contributed by atoms with Gasteiger partial charge in [-0.05, 0) is 12.1 Å². The summed E-state index contributed by atoms with van der Waals surface area (Å²) in [6.07, 6.45) is 0. The lowest BCUT2D eigenvalue weighted by Crippen LogP contribution is -2.21. The highest BCUT2D eigenvalue weighted by molar-refractivity contribution is 5.85. The monoisotopic (exact) mass is 186 g/mol. The van der Waals surface area contributed by atoms with Gasteiger partial charge in [-0.1, -0.05) is 18.2 Å². The van der Waals surface area contributed by atoms with Crippen LogP contribution in [0, 0.1) is 0 Å². The molecule has 3 nitrogen and oxygen atoms in total. The van der Waals surface area contributed by atoms with Crippen LogP contribution in [0.3, 0.4) is 0 Å². The Morgan fingerprint density at radius 1 is 1.33 bits per heavy atom. The molecule has 0 saturated heterocycles. The Balaban J connectivity index is 0.00000121. The zero-order valence-corrected chi connectivity index (χ0v) is 7.30. The van der Waals surface area contributed by atoms with E-state index >= 15 is 0 Å². The Labute approximate surface area is 77.4 Å². The molecule has 0 bridgehead atoms. The van der Waals surface area contributed by atoms with Crippen LogP contribution in [0.2, 0.25) is 0 Å². The molecule has 0 aliphatic rings. The molecule has 0 radical (unpaired) electrons. The van der Waals surface area contributed by atoms with E-state index in [9.17, 15) is 4.79 Å². The van der Waals surface area contributed by atoms with Crippen LogP contribution < -0.4 is 11.1 Å². The van der Waals surface area contributed by atoms with E-state index in [-0.39, 0.29) is 24.9 Å². The molecule has 0 aromatic heterocycles. The molecule has 0 spiro atoms. The summed E-state index contributed by atoms with van der Waals surface area (Å²) < 4.78 is 0. The first-order valence-electron chi connectivity index (χ1n) is 3.36. The van der Waals surface area contributed by atoms with E-state index in [0.717, 1.165) is 5.69 Å². The molecule has 0 fully saturated rings. The third-order valence-electron chi connectivity index (χ3n) is 1.24. The highest BCUT2D eigenvalue weighted by Gasteiger charge is 1.91. The number of nitrogens with two attached hydrogens (primary N) is 1. The van der Waals surface area contributed by atoms with E-state index in [1.54, 1.807) is 0 Å². The molecule has 1 amide bonds. The topological polar surface area (TPSA) is 55.1 Å². The number of carbonyl (C=O) groups is 1. The van der Waals surface area contributed by atoms with Crippen molar-refractivity contribution < 1.29 is 4.79 Å². The second kappa shape index (κ2) is 5.43. The van der Waals surface area contributed by atoms with E-state index in [4.69, 9.17) is 5.73 Å². The van der Waals surface area contributed by atoms with Crippen molar-refractivity contribution in [3.05, 3.63) is 30.3 Å². The van der Waals surface area contributed by atoms with Gasteiger partial charge in [-0.25, -0.2) is 0 Å². The number of halogens is 1. The van der Waals surface area contributed by atoms with Crippen molar-refractivity contribution in [2.24, 2.45) is 5.73 Å². The number of hydrogen-bond donors (Lipinski definition) is 2. The van der Waals surface area contributed by atoms with Gasteiger partial charge >= 0.3 is 0 Å². The smallest absolute Gasteiger partial charge is 0.236 e. The van der Waals surface area contributed by atoms with Crippen LogP contribution in [0.25, 0.3) is 0 Å². The van der Waals surface area contributed by atoms with Gasteiger partial charge in [-0.15, -0.1) is 12.4 Å². The number of para-hydroxylation sites is 1. The molecular weight excluding hydrogens is 176 g/mol. The van der Waals surface area contributed by atoms with Crippen LogP contribution >= 0.6 is 12.4 Å². The molecular formula is C8H11ClN2O. The van der Waals surface area contributed by atoms with Gasteiger partial charge in [0.2, 0.25) is 5.91 Å². The van der Waals surface area contributed by atoms with Gasteiger partial charge in [-0.2, -0.15) is 0 Å². The Bertz CT molecular complexity index is 238. The molecule has 0 aliphatic carbocycles. The predicted molar refractivity (Wildman–Crippen MR) is 51.4 cm³/mol. The summed E-state index contributed by atoms with van der Waals surface area (Å²) in [4.78, 5) is 10.3. The Kier molecular flexibility index (Phi) is 4.88. The third kappa shape index (κ3) is 3.83. The van der Waals surface area contributed by atoms with Crippen LogP contribution in [0.1, 0.15) is 0 Å². The van der Waals surface area contributed by atoms with Crippen LogP contribution in [0.4, 0.5) is 5.69 Å². The zero-order chi connectivity index (χ0) is 8.10. The molecule has 0 heterocycles. The number of benzene rings is 1. The minimum absolute atomic E-state index is 0. The molecule has 1 aromatic carbocycles. The lowest BCUT2D eigenvalue weighted by Gasteiger charge is -2.01.